The summed E-state index contributed by atoms with van der Waals surface area (Å²) in [5, 5.41) is 3.54. The normalized spacial score (nSPS) is 11.8. The summed E-state index contributed by atoms with van der Waals surface area (Å²) in [6, 6.07) is 2.38. The quantitative estimate of drug-likeness (QED) is 0.758. The molecule has 4 nitrogen and oxygen atoms in total. The summed E-state index contributed by atoms with van der Waals surface area (Å²) >= 11 is 3.05. The number of hydrogen-bond acceptors (Lipinski definition) is 3. The Morgan fingerprint density at radius 3 is 2.56 bits per heavy atom. The zero-order valence-electron chi connectivity index (χ0n) is 7.61. The molecule has 0 aromatic carbocycles. The molecule has 0 radical (unpaired) electrons. The predicted molar refractivity (Wildman–Crippen MR) is 51.9 cm³/mol. The number of halogens is 4. The van der Waals surface area contributed by atoms with E-state index in [1.165, 1.54) is 12.3 Å². The van der Waals surface area contributed by atoms with Crippen molar-refractivity contribution in [2.75, 3.05) is 0 Å². The zero-order chi connectivity index (χ0) is 11.8. The Hall–Kier alpha value is -1.44. The third kappa shape index (κ3) is 2.06. The molecule has 0 bridgehead atoms. The van der Waals surface area contributed by atoms with E-state index in [1.54, 1.807) is 0 Å². The van der Waals surface area contributed by atoms with E-state index in [9.17, 15) is 13.2 Å². The summed E-state index contributed by atoms with van der Waals surface area (Å²) in [5.74, 6) is -0.133. The monoisotopic (exact) mass is 292 g/mol. The van der Waals surface area contributed by atoms with Crippen molar-refractivity contribution in [3.63, 3.8) is 0 Å². The molecule has 2 rings (SSSR count). The molecule has 8 heteroatoms. The van der Waals surface area contributed by atoms with Gasteiger partial charge < -0.3 is 0 Å². The van der Waals surface area contributed by atoms with Gasteiger partial charge in [-0.05, 0) is 28.1 Å². The highest BCUT2D eigenvalue weighted by atomic mass is 79.9. The molecule has 0 aliphatic carbocycles. The summed E-state index contributed by atoms with van der Waals surface area (Å²) in [4.78, 5) is 7.51. The minimum Gasteiger partial charge on any atom is -0.220 e. The fourth-order valence-corrected chi connectivity index (χ4v) is 1.38. The van der Waals surface area contributed by atoms with E-state index >= 15 is 0 Å². The van der Waals surface area contributed by atoms with Crippen LogP contribution in [0.5, 0.6) is 0 Å². The van der Waals surface area contributed by atoms with Crippen LogP contribution in [0.15, 0.2) is 29.1 Å². The van der Waals surface area contributed by atoms with Crippen molar-refractivity contribution in [2.24, 2.45) is 0 Å². The molecule has 0 saturated heterocycles. The lowest BCUT2D eigenvalue weighted by Gasteiger charge is -2.08. The SMILES string of the molecule is FC(F)(F)c1ccnn1-c1nccc(Br)n1. The molecule has 0 amide bonds. The topological polar surface area (TPSA) is 43.6 Å². The largest absolute Gasteiger partial charge is 0.433 e. The number of aromatic nitrogens is 4. The fourth-order valence-electron chi connectivity index (χ4n) is 1.11. The van der Waals surface area contributed by atoms with Gasteiger partial charge in [0.25, 0.3) is 5.95 Å². The first-order valence-electron chi connectivity index (χ1n) is 4.08. The number of rotatable bonds is 1. The Labute approximate surface area is 96.3 Å². The van der Waals surface area contributed by atoms with Crippen LogP contribution in [0.4, 0.5) is 13.2 Å². The molecule has 2 aromatic heterocycles. The molecule has 0 spiro atoms. The third-order valence-corrected chi connectivity index (χ3v) is 2.17. The van der Waals surface area contributed by atoms with Crippen molar-refractivity contribution in [1.29, 1.82) is 0 Å². The van der Waals surface area contributed by atoms with Gasteiger partial charge in [0.05, 0.1) is 6.20 Å². The summed E-state index contributed by atoms with van der Waals surface area (Å²) < 4.78 is 38.7. The van der Waals surface area contributed by atoms with Gasteiger partial charge in [-0.25, -0.2) is 9.97 Å². The molecule has 84 valence electrons. The minimum absolute atomic E-state index is 0.133. The maximum absolute atomic E-state index is 12.5. The van der Waals surface area contributed by atoms with Crippen molar-refractivity contribution in [1.82, 2.24) is 19.7 Å². The molecular weight excluding hydrogens is 289 g/mol. The maximum atomic E-state index is 12.5. The Morgan fingerprint density at radius 1 is 1.19 bits per heavy atom. The summed E-state index contributed by atoms with van der Waals surface area (Å²) in [7, 11) is 0. The second-order valence-electron chi connectivity index (χ2n) is 2.81. The van der Waals surface area contributed by atoms with Crippen LogP contribution in [-0.2, 0) is 6.18 Å². The number of hydrogen-bond donors (Lipinski definition) is 0. The third-order valence-electron chi connectivity index (χ3n) is 1.73. The Balaban J connectivity index is 2.53. The molecule has 2 heterocycles. The van der Waals surface area contributed by atoms with Crippen molar-refractivity contribution >= 4 is 15.9 Å². The Morgan fingerprint density at radius 2 is 1.94 bits per heavy atom. The van der Waals surface area contributed by atoms with E-state index in [4.69, 9.17) is 0 Å². The van der Waals surface area contributed by atoms with Crippen LogP contribution >= 0.6 is 15.9 Å². The highest BCUT2D eigenvalue weighted by molar-refractivity contribution is 9.10. The lowest BCUT2D eigenvalue weighted by Crippen LogP contribution is -2.15. The lowest BCUT2D eigenvalue weighted by molar-refractivity contribution is -0.142. The summed E-state index contributed by atoms with van der Waals surface area (Å²) in [6.07, 6.45) is -2.09. The van der Waals surface area contributed by atoms with Gasteiger partial charge >= 0.3 is 6.18 Å². The van der Waals surface area contributed by atoms with Crippen LogP contribution in [0.1, 0.15) is 5.69 Å². The standard InChI is InChI=1S/C8H4BrF3N4/c9-6-2-3-13-7(15-6)16-5(1-4-14-16)8(10,11)12/h1-4H. The van der Waals surface area contributed by atoms with E-state index in [0.29, 0.717) is 9.28 Å². The average molecular weight is 293 g/mol. The molecule has 0 saturated carbocycles. The van der Waals surface area contributed by atoms with Gasteiger partial charge in [-0.2, -0.15) is 23.0 Å². The van der Waals surface area contributed by atoms with E-state index in [1.807, 2.05) is 0 Å². The van der Waals surface area contributed by atoms with Gasteiger partial charge in [-0.1, -0.05) is 0 Å². The van der Waals surface area contributed by atoms with Gasteiger partial charge in [0.1, 0.15) is 4.60 Å². The van der Waals surface area contributed by atoms with Gasteiger partial charge in [-0.15, -0.1) is 0 Å². The summed E-state index contributed by atoms with van der Waals surface area (Å²) in [6.45, 7) is 0. The van der Waals surface area contributed by atoms with Gasteiger partial charge in [-0.3, -0.25) is 0 Å². The van der Waals surface area contributed by atoms with E-state index < -0.39 is 11.9 Å². The van der Waals surface area contributed by atoms with Crippen LogP contribution in [0.2, 0.25) is 0 Å². The molecule has 16 heavy (non-hydrogen) atoms. The van der Waals surface area contributed by atoms with Gasteiger partial charge in [0, 0.05) is 6.20 Å². The molecule has 2 aromatic rings. The van der Waals surface area contributed by atoms with Crippen LogP contribution in [0, 0.1) is 0 Å². The van der Waals surface area contributed by atoms with Crippen molar-refractivity contribution in [2.45, 2.75) is 6.18 Å². The molecule has 0 aliphatic heterocycles. The van der Waals surface area contributed by atoms with Crippen molar-refractivity contribution in [3.05, 3.63) is 34.8 Å². The highest BCUT2D eigenvalue weighted by Gasteiger charge is 2.35. The van der Waals surface area contributed by atoms with Gasteiger partial charge in [0.15, 0.2) is 5.69 Å². The lowest BCUT2D eigenvalue weighted by atomic mass is 10.4. The molecular formula is C8H4BrF3N4. The first-order chi connectivity index (χ1) is 7.48. The van der Waals surface area contributed by atoms with Crippen molar-refractivity contribution in [3.8, 4) is 5.95 Å². The van der Waals surface area contributed by atoms with Crippen LogP contribution in [0.25, 0.3) is 5.95 Å². The van der Waals surface area contributed by atoms with E-state index in [0.717, 1.165) is 12.3 Å². The zero-order valence-corrected chi connectivity index (χ0v) is 9.20. The molecule has 0 unspecified atom stereocenters. The summed E-state index contributed by atoms with van der Waals surface area (Å²) in [5.41, 5.74) is -0.911. The first kappa shape index (κ1) is 11.1. The smallest absolute Gasteiger partial charge is 0.220 e. The number of nitrogens with zero attached hydrogens (tertiary/aromatic N) is 4. The number of alkyl halides is 3. The van der Waals surface area contributed by atoms with Crippen molar-refractivity contribution < 1.29 is 13.2 Å². The minimum atomic E-state index is -4.48. The predicted octanol–water partition coefficient (Wildman–Crippen LogP) is 2.44. The molecule has 0 atom stereocenters. The molecule has 0 fully saturated rings. The van der Waals surface area contributed by atoms with E-state index in [2.05, 4.69) is 31.0 Å². The maximum Gasteiger partial charge on any atom is 0.433 e. The fraction of sp³-hybridized carbons (Fsp3) is 0.125. The second kappa shape index (κ2) is 3.85. The molecule has 0 aliphatic rings. The Bertz CT molecular complexity index is 508. The Kier molecular flexibility index (Phi) is 2.66. The van der Waals surface area contributed by atoms with Crippen LogP contribution in [0.3, 0.4) is 0 Å². The van der Waals surface area contributed by atoms with Crippen LogP contribution in [-0.4, -0.2) is 19.7 Å². The highest BCUT2D eigenvalue weighted by Crippen LogP contribution is 2.29. The first-order valence-corrected chi connectivity index (χ1v) is 4.88. The van der Waals surface area contributed by atoms with Crippen LogP contribution < -0.4 is 0 Å². The average Bonchev–Trinajstić information content (AvgIpc) is 2.65. The van der Waals surface area contributed by atoms with Gasteiger partial charge in [0.2, 0.25) is 0 Å². The molecule has 0 N–H and O–H groups in total. The second-order valence-corrected chi connectivity index (χ2v) is 3.62. The van der Waals surface area contributed by atoms with E-state index in [-0.39, 0.29) is 5.95 Å².